The van der Waals surface area contributed by atoms with E-state index < -0.39 is 6.23 Å². The van der Waals surface area contributed by atoms with Gasteiger partial charge in [0.05, 0.1) is 5.69 Å². The van der Waals surface area contributed by atoms with Gasteiger partial charge in [-0.1, -0.05) is 28.1 Å². The van der Waals surface area contributed by atoms with Gasteiger partial charge in [0.25, 0.3) is 0 Å². The Morgan fingerprint density at radius 1 is 1.20 bits per heavy atom. The van der Waals surface area contributed by atoms with Gasteiger partial charge in [0.15, 0.2) is 5.82 Å². The van der Waals surface area contributed by atoms with Crippen molar-refractivity contribution in [3.05, 3.63) is 45.7 Å². The summed E-state index contributed by atoms with van der Waals surface area (Å²) in [7, 11) is 0. The Labute approximate surface area is 126 Å². The number of aliphatic hydroxyl groups is 1. The van der Waals surface area contributed by atoms with Gasteiger partial charge >= 0.3 is 0 Å². The quantitative estimate of drug-likeness (QED) is 0.829. The van der Waals surface area contributed by atoms with Crippen LogP contribution in [0.25, 0.3) is 11.4 Å². The summed E-state index contributed by atoms with van der Waals surface area (Å²) in [5.41, 5.74) is 9.23. The van der Waals surface area contributed by atoms with Crippen molar-refractivity contribution in [3.63, 3.8) is 0 Å². The van der Waals surface area contributed by atoms with E-state index in [1.165, 1.54) is 0 Å². The van der Waals surface area contributed by atoms with Crippen molar-refractivity contribution >= 4 is 15.9 Å². The second-order valence-corrected chi connectivity index (χ2v) is 5.94. The molecule has 20 heavy (non-hydrogen) atoms. The van der Waals surface area contributed by atoms with Gasteiger partial charge in [-0.2, -0.15) is 0 Å². The molecule has 5 heteroatoms. The SMILES string of the molecule is NC(O)c1nc(-c2cccc(Br)c2)nc2c1CCCC2. The molecule has 0 bridgehead atoms. The van der Waals surface area contributed by atoms with Gasteiger partial charge in [0.1, 0.15) is 6.23 Å². The van der Waals surface area contributed by atoms with Gasteiger partial charge in [0, 0.05) is 15.7 Å². The zero-order valence-corrected chi connectivity index (χ0v) is 12.6. The highest BCUT2D eigenvalue weighted by atomic mass is 79.9. The standard InChI is InChI=1S/C15H16BrN3O/c16-10-5-3-4-9(8-10)15-18-12-7-2-1-6-11(12)13(19-15)14(17)20/h3-5,8,14,20H,1-2,6-7,17H2. The summed E-state index contributed by atoms with van der Waals surface area (Å²) in [6, 6.07) is 7.83. The third-order valence-corrected chi connectivity index (χ3v) is 4.07. The van der Waals surface area contributed by atoms with Crippen LogP contribution in [0.5, 0.6) is 0 Å². The smallest absolute Gasteiger partial charge is 0.159 e. The molecule has 4 nitrogen and oxygen atoms in total. The number of nitrogens with two attached hydrogens (primary N) is 1. The van der Waals surface area contributed by atoms with Crippen molar-refractivity contribution in [2.24, 2.45) is 5.73 Å². The summed E-state index contributed by atoms with van der Waals surface area (Å²) >= 11 is 3.45. The fourth-order valence-corrected chi connectivity index (χ4v) is 3.02. The lowest BCUT2D eigenvalue weighted by Gasteiger charge is -2.20. The van der Waals surface area contributed by atoms with Gasteiger partial charge in [0.2, 0.25) is 0 Å². The molecule has 0 fully saturated rings. The van der Waals surface area contributed by atoms with Crippen LogP contribution in [0.1, 0.15) is 36.0 Å². The fourth-order valence-electron chi connectivity index (χ4n) is 2.62. The first kappa shape index (κ1) is 13.7. The third-order valence-electron chi connectivity index (χ3n) is 3.58. The van der Waals surface area contributed by atoms with Crippen LogP contribution in [0.15, 0.2) is 28.7 Å². The number of fused-ring (bicyclic) bond motifs is 1. The van der Waals surface area contributed by atoms with E-state index in [4.69, 9.17) is 5.73 Å². The van der Waals surface area contributed by atoms with Gasteiger partial charge < -0.3 is 10.8 Å². The molecule has 2 aromatic rings. The van der Waals surface area contributed by atoms with Crippen molar-refractivity contribution in [2.75, 3.05) is 0 Å². The zero-order chi connectivity index (χ0) is 14.1. The lowest BCUT2D eigenvalue weighted by molar-refractivity contribution is 0.179. The Morgan fingerprint density at radius 2 is 2.00 bits per heavy atom. The summed E-state index contributed by atoms with van der Waals surface area (Å²) in [5.74, 6) is 0.631. The summed E-state index contributed by atoms with van der Waals surface area (Å²) in [6.07, 6.45) is 3.01. The molecule has 1 unspecified atom stereocenters. The lowest BCUT2D eigenvalue weighted by atomic mass is 9.94. The molecule has 0 spiro atoms. The molecule has 104 valence electrons. The molecule has 3 rings (SSSR count). The van der Waals surface area contributed by atoms with Gasteiger partial charge in [-0.15, -0.1) is 0 Å². The summed E-state index contributed by atoms with van der Waals surface area (Å²) in [6.45, 7) is 0. The Morgan fingerprint density at radius 3 is 2.75 bits per heavy atom. The number of hydrogen-bond acceptors (Lipinski definition) is 4. The number of benzene rings is 1. The zero-order valence-electron chi connectivity index (χ0n) is 11.0. The van der Waals surface area contributed by atoms with Crippen LogP contribution in [0.3, 0.4) is 0 Å². The lowest BCUT2D eigenvalue weighted by Crippen LogP contribution is -2.19. The first-order chi connectivity index (χ1) is 9.65. The van der Waals surface area contributed by atoms with Crippen LogP contribution in [0.2, 0.25) is 0 Å². The van der Waals surface area contributed by atoms with Crippen LogP contribution in [0.4, 0.5) is 0 Å². The second kappa shape index (κ2) is 5.60. The molecule has 0 aliphatic heterocycles. The molecule has 1 aliphatic rings. The van der Waals surface area contributed by atoms with E-state index in [0.29, 0.717) is 11.5 Å². The minimum absolute atomic E-state index is 0.574. The number of rotatable bonds is 2. The molecule has 0 saturated carbocycles. The van der Waals surface area contributed by atoms with Crippen molar-refractivity contribution in [3.8, 4) is 11.4 Å². The number of hydrogen-bond donors (Lipinski definition) is 2. The van der Waals surface area contributed by atoms with E-state index >= 15 is 0 Å². The average Bonchev–Trinajstić information content (AvgIpc) is 2.46. The van der Waals surface area contributed by atoms with Crippen LogP contribution < -0.4 is 5.73 Å². The summed E-state index contributed by atoms with van der Waals surface area (Å²) in [4.78, 5) is 9.16. The highest BCUT2D eigenvalue weighted by Gasteiger charge is 2.21. The van der Waals surface area contributed by atoms with Gasteiger partial charge in [-0.25, -0.2) is 9.97 Å². The van der Waals surface area contributed by atoms with Crippen molar-refractivity contribution in [2.45, 2.75) is 31.9 Å². The van der Waals surface area contributed by atoms with Crippen LogP contribution in [0, 0.1) is 0 Å². The molecule has 0 amide bonds. The number of aryl methyl sites for hydroxylation is 1. The summed E-state index contributed by atoms with van der Waals surface area (Å²) < 4.78 is 0.978. The van der Waals surface area contributed by atoms with Crippen molar-refractivity contribution in [1.82, 2.24) is 9.97 Å². The fraction of sp³-hybridized carbons (Fsp3) is 0.333. The van der Waals surface area contributed by atoms with Crippen LogP contribution in [-0.2, 0) is 12.8 Å². The Balaban J connectivity index is 2.15. The Bertz CT molecular complexity index is 643. The van der Waals surface area contributed by atoms with E-state index in [9.17, 15) is 5.11 Å². The highest BCUT2D eigenvalue weighted by Crippen LogP contribution is 2.28. The first-order valence-electron chi connectivity index (χ1n) is 6.74. The number of aliphatic hydroxyl groups excluding tert-OH is 1. The third kappa shape index (κ3) is 2.61. The van der Waals surface area contributed by atoms with Crippen molar-refractivity contribution < 1.29 is 5.11 Å². The Kier molecular flexibility index (Phi) is 3.83. The predicted octanol–water partition coefficient (Wildman–Crippen LogP) is 2.73. The molecule has 1 heterocycles. The number of nitrogens with zero attached hydrogens (tertiary/aromatic N) is 2. The predicted molar refractivity (Wildman–Crippen MR) is 81.0 cm³/mol. The maximum Gasteiger partial charge on any atom is 0.159 e. The molecule has 1 aromatic heterocycles. The Hall–Kier alpha value is -1.30. The molecule has 0 saturated heterocycles. The molecular formula is C15H16BrN3O. The van der Waals surface area contributed by atoms with Crippen molar-refractivity contribution in [1.29, 1.82) is 0 Å². The highest BCUT2D eigenvalue weighted by molar-refractivity contribution is 9.10. The first-order valence-corrected chi connectivity index (χ1v) is 7.54. The van der Waals surface area contributed by atoms with E-state index in [2.05, 4.69) is 25.9 Å². The minimum Gasteiger partial charge on any atom is -0.373 e. The molecule has 0 radical (unpaired) electrons. The van der Waals surface area contributed by atoms with E-state index in [1.54, 1.807) is 0 Å². The largest absolute Gasteiger partial charge is 0.373 e. The van der Waals surface area contributed by atoms with Gasteiger partial charge in [-0.05, 0) is 43.4 Å². The second-order valence-electron chi connectivity index (χ2n) is 5.02. The van der Waals surface area contributed by atoms with Gasteiger partial charge in [-0.3, -0.25) is 0 Å². The summed E-state index contributed by atoms with van der Waals surface area (Å²) in [5, 5.41) is 9.78. The molecule has 3 N–H and O–H groups in total. The van der Waals surface area contributed by atoms with E-state index in [-0.39, 0.29) is 0 Å². The molecule has 1 atom stereocenters. The molecule has 1 aliphatic carbocycles. The number of aromatic nitrogens is 2. The average molecular weight is 334 g/mol. The topological polar surface area (TPSA) is 72.0 Å². The minimum atomic E-state index is -1.05. The van der Waals surface area contributed by atoms with E-state index in [1.807, 2.05) is 24.3 Å². The maximum atomic E-state index is 9.78. The van der Waals surface area contributed by atoms with Crippen LogP contribution in [-0.4, -0.2) is 15.1 Å². The molecule has 1 aromatic carbocycles. The maximum absolute atomic E-state index is 9.78. The number of halogens is 1. The monoisotopic (exact) mass is 333 g/mol. The molecular weight excluding hydrogens is 318 g/mol. The normalized spacial score (nSPS) is 15.8. The van der Waals surface area contributed by atoms with Crippen LogP contribution >= 0.6 is 15.9 Å². The van der Waals surface area contributed by atoms with E-state index in [0.717, 1.165) is 47.0 Å².